The molecule has 3 atom stereocenters. The average molecular weight is 310 g/mol. The van der Waals surface area contributed by atoms with E-state index in [1.54, 1.807) is 27.0 Å². The van der Waals surface area contributed by atoms with Gasteiger partial charge in [-0.2, -0.15) is 0 Å². The molecule has 0 aromatic carbocycles. The van der Waals surface area contributed by atoms with E-state index in [1.807, 2.05) is 0 Å². The number of carbonyl (C=O) groups is 1. The third-order valence-electron chi connectivity index (χ3n) is 4.26. The number of aryl methyl sites for hydroxylation is 2. The number of nitrogens with zero attached hydrogens (tertiary/aromatic N) is 2. The molecule has 1 fully saturated rings. The summed E-state index contributed by atoms with van der Waals surface area (Å²) in [7, 11) is 3.10. The molecule has 0 radical (unpaired) electrons. The lowest BCUT2D eigenvalue weighted by molar-refractivity contribution is -0.122. The predicted octanol–water partition coefficient (Wildman–Crippen LogP) is -0.805. The molecule has 7 heteroatoms. The van der Waals surface area contributed by atoms with Crippen LogP contribution >= 0.6 is 0 Å². The summed E-state index contributed by atoms with van der Waals surface area (Å²) in [5.74, 6) is -0.486. The molecule has 1 aromatic rings. The van der Waals surface area contributed by atoms with Crippen LogP contribution in [-0.4, -0.2) is 64.1 Å². The zero-order chi connectivity index (χ0) is 16.6. The second-order valence-corrected chi connectivity index (χ2v) is 5.79. The van der Waals surface area contributed by atoms with Crippen molar-refractivity contribution in [2.45, 2.75) is 32.1 Å². The lowest BCUT2D eigenvalue weighted by Gasteiger charge is -2.37. The molecule has 0 bridgehead atoms. The van der Waals surface area contributed by atoms with Gasteiger partial charge in [0.2, 0.25) is 0 Å². The van der Waals surface area contributed by atoms with E-state index in [1.165, 1.54) is 16.5 Å². The largest absolute Gasteiger partial charge is 0.388 e. The lowest BCUT2D eigenvalue weighted by atomic mass is 10.0. The van der Waals surface area contributed by atoms with Gasteiger partial charge in [-0.25, -0.2) is 0 Å². The number of amides is 1. The molecule has 1 amide bonds. The van der Waals surface area contributed by atoms with Crippen LogP contribution in [0.5, 0.6) is 0 Å². The van der Waals surface area contributed by atoms with Crippen molar-refractivity contribution in [2.24, 2.45) is 7.05 Å². The third kappa shape index (κ3) is 2.79. The summed E-state index contributed by atoms with van der Waals surface area (Å²) in [6, 6.07) is 1.08. The Balaban J connectivity index is 2.36. The number of hydrogen-bond donors (Lipinski definition) is 2. The number of carbonyl (C=O) groups excluding carboxylic acids is 1. The van der Waals surface area contributed by atoms with Crippen LogP contribution in [0.25, 0.3) is 0 Å². The summed E-state index contributed by atoms with van der Waals surface area (Å²) >= 11 is 0. The molecule has 0 spiro atoms. The standard InChI is InChI=1S/C15H22N2O5/c1-8-5-9(2)16(3)14(20)12(8)15(21)17(4)10-6-22-7-11(18)13(10)19/h5,10-11,13,18-19H,6-7H2,1-4H3/t10-,11-,13+/m1/s1. The first-order valence-corrected chi connectivity index (χ1v) is 7.14. The Morgan fingerprint density at radius 1 is 1.36 bits per heavy atom. The minimum Gasteiger partial charge on any atom is -0.388 e. The van der Waals surface area contributed by atoms with E-state index >= 15 is 0 Å². The number of hydrogen-bond acceptors (Lipinski definition) is 5. The smallest absolute Gasteiger partial charge is 0.263 e. The second-order valence-electron chi connectivity index (χ2n) is 5.79. The number of rotatable bonds is 2. The van der Waals surface area contributed by atoms with E-state index < -0.39 is 24.2 Å². The molecule has 2 N–H and O–H groups in total. The van der Waals surface area contributed by atoms with Crippen LogP contribution in [0.1, 0.15) is 21.6 Å². The van der Waals surface area contributed by atoms with Gasteiger partial charge >= 0.3 is 0 Å². The van der Waals surface area contributed by atoms with Crippen LogP contribution in [0.4, 0.5) is 0 Å². The molecule has 1 saturated heterocycles. The van der Waals surface area contributed by atoms with Gasteiger partial charge < -0.3 is 24.4 Å². The first-order valence-electron chi connectivity index (χ1n) is 7.14. The summed E-state index contributed by atoms with van der Waals surface area (Å²) in [6.45, 7) is 3.65. The summed E-state index contributed by atoms with van der Waals surface area (Å²) in [6.07, 6.45) is -2.15. The SMILES string of the molecule is Cc1cc(C)n(C)c(=O)c1C(=O)N(C)[C@@H]1COC[C@@H](O)[C@H]1O. The predicted molar refractivity (Wildman–Crippen MR) is 79.9 cm³/mol. The van der Waals surface area contributed by atoms with Crippen molar-refractivity contribution >= 4 is 5.91 Å². The van der Waals surface area contributed by atoms with E-state index in [2.05, 4.69) is 0 Å². The van der Waals surface area contributed by atoms with Gasteiger partial charge in [0, 0.05) is 19.8 Å². The number of ether oxygens (including phenoxy) is 1. The Hall–Kier alpha value is -1.70. The van der Waals surface area contributed by atoms with Crippen molar-refractivity contribution in [3.05, 3.63) is 33.2 Å². The van der Waals surface area contributed by atoms with Crippen LogP contribution in [0.2, 0.25) is 0 Å². The minimum atomic E-state index is -1.10. The average Bonchev–Trinajstić information content (AvgIpc) is 2.47. The zero-order valence-electron chi connectivity index (χ0n) is 13.2. The van der Waals surface area contributed by atoms with Gasteiger partial charge in [0.15, 0.2) is 0 Å². The molecular weight excluding hydrogens is 288 g/mol. The highest BCUT2D eigenvalue weighted by Crippen LogP contribution is 2.17. The molecule has 2 heterocycles. The highest BCUT2D eigenvalue weighted by molar-refractivity contribution is 5.95. The molecule has 7 nitrogen and oxygen atoms in total. The molecule has 1 aliphatic heterocycles. The van der Waals surface area contributed by atoms with Crippen LogP contribution in [0, 0.1) is 13.8 Å². The monoisotopic (exact) mass is 310 g/mol. The van der Waals surface area contributed by atoms with E-state index in [4.69, 9.17) is 4.74 Å². The molecule has 1 aliphatic rings. The molecular formula is C15H22N2O5. The van der Waals surface area contributed by atoms with Gasteiger partial charge in [0.25, 0.3) is 11.5 Å². The van der Waals surface area contributed by atoms with Gasteiger partial charge in [0.05, 0.1) is 19.3 Å². The van der Waals surface area contributed by atoms with Crippen LogP contribution < -0.4 is 5.56 Å². The summed E-state index contributed by atoms with van der Waals surface area (Å²) < 4.78 is 6.60. The highest BCUT2D eigenvalue weighted by Gasteiger charge is 2.37. The van der Waals surface area contributed by atoms with E-state index in [-0.39, 0.29) is 24.3 Å². The molecule has 22 heavy (non-hydrogen) atoms. The third-order valence-corrected chi connectivity index (χ3v) is 4.26. The molecule has 122 valence electrons. The highest BCUT2D eigenvalue weighted by atomic mass is 16.5. The Morgan fingerprint density at radius 3 is 2.64 bits per heavy atom. The van der Waals surface area contributed by atoms with Crippen molar-refractivity contribution in [1.82, 2.24) is 9.47 Å². The Labute approximate surface area is 128 Å². The van der Waals surface area contributed by atoms with E-state index in [0.29, 0.717) is 5.56 Å². The maximum absolute atomic E-state index is 12.7. The molecule has 0 aliphatic carbocycles. The van der Waals surface area contributed by atoms with Crippen molar-refractivity contribution in [3.63, 3.8) is 0 Å². The summed E-state index contributed by atoms with van der Waals surface area (Å²) in [5.41, 5.74) is 1.05. The van der Waals surface area contributed by atoms with Crippen LogP contribution in [0.15, 0.2) is 10.9 Å². The molecule has 0 saturated carbocycles. The Morgan fingerprint density at radius 2 is 2.00 bits per heavy atom. The normalized spacial score (nSPS) is 25.1. The van der Waals surface area contributed by atoms with Gasteiger partial charge in [-0.1, -0.05) is 0 Å². The molecule has 0 unspecified atom stereocenters. The van der Waals surface area contributed by atoms with Gasteiger partial charge in [-0.3, -0.25) is 9.59 Å². The number of aliphatic hydroxyl groups excluding tert-OH is 2. The van der Waals surface area contributed by atoms with Gasteiger partial charge in [-0.15, -0.1) is 0 Å². The quantitative estimate of drug-likeness (QED) is 0.746. The van der Waals surface area contributed by atoms with Crippen molar-refractivity contribution in [3.8, 4) is 0 Å². The fourth-order valence-electron chi connectivity index (χ4n) is 2.67. The van der Waals surface area contributed by atoms with Crippen molar-refractivity contribution in [2.75, 3.05) is 20.3 Å². The van der Waals surface area contributed by atoms with Crippen molar-refractivity contribution in [1.29, 1.82) is 0 Å². The van der Waals surface area contributed by atoms with Gasteiger partial charge in [-0.05, 0) is 25.5 Å². The number of aliphatic hydroxyl groups is 2. The number of pyridine rings is 1. The Kier molecular flexibility index (Phi) is 4.69. The lowest BCUT2D eigenvalue weighted by Crippen LogP contribution is -2.56. The maximum atomic E-state index is 12.7. The number of likely N-dealkylation sites (N-methyl/N-ethyl adjacent to an activating group) is 1. The second kappa shape index (κ2) is 6.20. The minimum absolute atomic E-state index is 0.0328. The molecule has 1 aromatic heterocycles. The van der Waals surface area contributed by atoms with Gasteiger partial charge in [0.1, 0.15) is 17.8 Å². The Bertz CT molecular complexity index is 640. The molecule has 2 rings (SSSR count). The topological polar surface area (TPSA) is 92.0 Å². The van der Waals surface area contributed by atoms with Crippen molar-refractivity contribution < 1.29 is 19.7 Å². The first kappa shape index (κ1) is 16.7. The maximum Gasteiger partial charge on any atom is 0.263 e. The zero-order valence-corrected chi connectivity index (χ0v) is 13.2. The number of aromatic nitrogens is 1. The van der Waals surface area contributed by atoms with Crippen LogP contribution in [-0.2, 0) is 11.8 Å². The first-order chi connectivity index (χ1) is 10.3. The van der Waals surface area contributed by atoms with E-state index in [0.717, 1.165) is 5.69 Å². The summed E-state index contributed by atoms with van der Waals surface area (Å²) in [5, 5.41) is 19.7. The summed E-state index contributed by atoms with van der Waals surface area (Å²) in [4.78, 5) is 26.3. The van der Waals surface area contributed by atoms with E-state index in [9.17, 15) is 19.8 Å². The van der Waals surface area contributed by atoms with Crippen LogP contribution in [0.3, 0.4) is 0 Å². The fourth-order valence-corrected chi connectivity index (χ4v) is 2.67. The fraction of sp³-hybridized carbons (Fsp3) is 0.600.